The zero-order valence-electron chi connectivity index (χ0n) is 12.5. The minimum Gasteiger partial charge on any atom is -0.497 e. The average Bonchev–Trinajstić information content (AvgIpc) is 2.57. The summed E-state index contributed by atoms with van der Waals surface area (Å²) < 4.78 is 5.10. The maximum atomic E-state index is 12.4. The monoisotopic (exact) mass is 292 g/mol. The van der Waals surface area contributed by atoms with Gasteiger partial charge in [-0.3, -0.25) is 9.78 Å². The van der Waals surface area contributed by atoms with Crippen molar-refractivity contribution >= 4 is 22.5 Å². The Kier molecular flexibility index (Phi) is 3.74. The van der Waals surface area contributed by atoms with Gasteiger partial charge in [0.15, 0.2) is 0 Å². The summed E-state index contributed by atoms with van der Waals surface area (Å²) in [6.45, 7) is 2.00. The van der Waals surface area contributed by atoms with Gasteiger partial charge < -0.3 is 10.1 Å². The molecule has 0 aliphatic heterocycles. The Bertz CT molecular complexity index is 826. The highest BCUT2D eigenvalue weighted by molar-refractivity contribution is 6.09. The second-order valence-electron chi connectivity index (χ2n) is 5.01. The summed E-state index contributed by atoms with van der Waals surface area (Å²) >= 11 is 0. The fourth-order valence-corrected chi connectivity index (χ4v) is 2.36. The van der Waals surface area contributed by atoms with Crippen molar-refractivity contribution in [3.05, 3.63) is 65.9 Å². The first kappa shape index (κ1) is 14.1. The van der Waals surface area contributed by atoms with E-state index in [1.54, 1.807) is 37.6 Å². The number of nitrogens with zero attached hydrogens (tertiary/aromatic N) is 1. The number of rotatable bonds is 3. The Hall–Kier alpha value is -2.88. The molecule has 110 valence electrons. The number of benzene rings is 2. The van der Waals surface area contributed by atoms with Crippen LogP contribution < -0.4 is 10.1 Å². The number of hydrogen-bond donors (Lipinski definition) is 1. The summed E-state index contributed by atoms with van der Waals surface area (Å²) in [5, 5.41) is 3.88. The van der Waals surface area contributed by atoms with Crippen LogP contribution in [0.3, 0.4) is 0 Å². The molecule has 0 atom stereocenters. The summed E-state index contributed by atoms with van der Waals surface area (Å²) in [5.41, 5.74) is 3.32. The summed E-state index contributed by atoms with van der Waals surface area (Å²) in [6.07, 6.45) is 1.75. The molecular weight excluding hydrogens is 276 g/mol. The molecule has 22 heavy (non-hydrogen) atoms. The quantitative estimate of drug-likeness (QED) is 0.798. The van der Waals surface area contributed by atoms with Crippen LogP contribution in [0.5, 0.6) is 5.75 Å². The number of nitrogens with one attached hydrogen (secondary N) is 1. The number of aryl methyl sites for hydroxylation is 1. The van der Waals surface area contributed by atoms with E-state index in [1.807, 2.05) is 31.2 Å². The van der Waals surface area contributed by atoms with Crippen molar-refractivity contribution < 1.29 is 9.53 Å². The van der Waals surface area contributed by atoms with Crippen LogP contribution in [0.25, 0.3) is 10.9 Å². The van der Waals surface area contributed by atoms with Crippen LogP contribution in [0.4, 0.5) is 5.69 Å². The summed E-state index contributed by atoms with van der Waals surface area (Å²) in [6, 6.07) is 14.7. The summed E-state index contributed by atoms with van der Waals surface area (Å²) in [7, 11) is 1.60. The van der Waals surface area contributed by atoms with E-state index >= 15 is 0 Å². The normalized spacial score (nSPS) is 10.5. The second kappa shape index (κ2) is 5.85. The number of anilines is 1. The van der Waals surface area contributed by atoms with E-state index in [9.17, 15) is 4.79 Å². The SMILES string of the molecule is COc1ccc(C(=O)Nc2ccc(C)c3ncccc23)cc1. The minimum atomic E-state index is -0.156. The van der Waals surface area contributed by atoms with Gasteiger partial charge in [-0.05, 0) is 55.0 Å². The first-order chi connectivity index (χ1) is 10.7. The molecule has 1 aromatic heterocycles. The fourth-order valence-electron chi connectivity index (χ4n) is 2.36. The van der Waals surface area contributed by atoms with Crippen molar-refractivity contribution in [2.45, 2.75) is 6.92 Å². The van der Waals surface area contributed by atoms with E-state index in [4.69, 9.17) is 4.74 Å². The third-order valence-corrected chi connectivity index (χ3v) is 3.57. The standard InChI is InChI=1S/C18H16N2O2/c1-12-5-10-16(15-4-3-11-19-17(12)15)20-18(21)13-6-8-14(22-2)9-7-13/h3-11H,1-2H3,(H,20,21). The summed E-state index contributed by atoms with van der Waals surface area (Å²) in [4.78, 5) is 16.7. The zero-order chi connectivity index (χ0) is 15.5. The molecule has 0 saturated carbocycles. The van der Waals surface area contributed by atoms with Crippen LogP contribution in [0.1, 0.15) is 15.9 Å². The van der Waals surface area contributed by atoms with E-state index in [0.717, 1.165) is 27.9 Å². The van der Waals surface area contributed by atoms with Crippen LogP contribution in [-0.2, 0) is 0 Å². The van der Waals surface area contributed by atoms with Gasteiger partial charge in [0, 0.05) is 17.1 Å². The van der Waals surface area contributed by atoms with Crippen LogP contribution in [-0.4, -0.2) is 18.0 Å². The van der Waals surface area contributed by atoms with Crippen molar-refractivity contribution in [3.63, 3.8) is 0 Å². The van der Waals surface area contributed by atoms with E-state index in [2.05, 4.69) is 10.3 Å². The largest absolute Gasteiger partial charge is 0.497 e. The Labute approximate surface area is 128 Å². The van der Waals surface area contributed by atoms with Crippen molar-refractivity contribution in [1.29, 1.82) is 0 Å². The first-order valence-electron chi connectivity index (χ1n) is 6.99. The molecule has 0 aliphatic carbocycles. The van der Waals surface area contributed by atoms with Gasteiger partial charge in [-0.15, -0.1) is 0 Å². The van der Waals surface area contributed by atoms with E-state index in [1.165, 1.54) is 0 Å². The van der Waals surface area contributed by atoms with Gasteiger partial charge in [-0.1, -0.05) is 6.07 Å². The lowest BCUT2D eigenvalue weighted by Gasteiger charge is -2.10. The Morgan fingerprint density at radius 1 is 1.09 bits per heavy atom. The number of amides is 1. The number of carbonyl (C=O) groups is 1. The average molecular weight is 292 g/mol. The lowest BCUT2D eigenvalue weighted by Crippen LogP contribution is -2.12. The smallest absolute Gasteiger partial charge is 0.255 e. The number of hydrogen-bond acceptors (Lipinski definition) is 3. The fraction of sp³-hybridized carbons (Fsp3) is 0.111. The predicted octanol–water partition coefficient (Wildman–Crippen LogP) is 3.80. The van der Waals surface area contributed by atoms with E-state index in [-0.39, 0.29) is 5.91 Å². The topological polar surface area (TPSA) is 51.2 Å². The third-order valence-electron chi connectivity index (χ3n) is 3.57. The van der Waals surface area contributed by atoms with Gasteiger partial charge in [-0.25, -0.2) is 0 Å². The molecule has 0 saturated heterocycles. The van der Waals surface area contributed by atoms with Crippen LogP contribution in [0.15, 0.2) is 54.7 Å². The van der Waals surface area contributed by atoms with Crippen molar-refractivity contribution in [1.82, 2.24) is 4.98 Å². The summed E-state index contributed by atoms with van der Waals surface area (Å²) in [5.74, 6) is 0.568. The van der Waals surface area contributed by atoms with Gasteiger partial charge in [0.2, 0.25) is 0 Å². The number of ether oxygens (including phenoxy) is 1. The van der Waals surface area contributed by atoms with Gasteiger partial charge in [0.1, 0.15) is 5.75 Å². The number of carbonyl (C=O) groups excluding carboxylic acids is 1. The Morgan fingerprint density at radius 2 is 1.86 bits per heavy atom. The maximum Gasteiger partial charge on any atom is 0.255 e. The number of methoxy groups -OCH3 is 1. The molecule has 1 N–H and O–H groups in total. The molecule has 4 nitrogen and oxygen atoms in total. The molecule has 0 radical (unpaired) electrons. The lowest BCUT2D eigenvalue weighted by atomic mass is 10.1. The Morgan fingerprint density at radius 3 is 2.59 bits per heavy atom. The van der Waals surface area contributed by atoms with Gasteiger partial charge in [-0.2, -0.15) is 0 Å². The molecule has 0 fully saturated rings. The van der Waals surface area contributed by atoms with Crippen LogP contribution in [0, 0.1) is 6.92 Å². The molecule has 0 bridgehead atoms. The molecular formula is C18H16N2O2. The Balaban J connectivity index is 1.92. The molecule has 1 amide bonds. The highest BCUT2D eigenvalue weighted by Crippen LogP contribution is 2.25. The van der Waals surface area contributed by atoms with Crippen molar-refractivity contribution in [2.24, 2.45) is 0 Å². The molecule has 3 aromatic rings. The van der Waals surface area contributed by atoms with Gasteiger partial charge >= 0.3 is 0 Å². The molecule has 1 heterocycles. The number of pyridine rings is 1. The molecule has 4 heteroatoms. The highest BCUT2D eigenvalue weighted by Gasteiger charge is 2.10. The van der Waals surface area contributed by atoms with Gasteiger partial charge in [0.25, 0.3) is 5.91 Å². The van der Waals surface area contributed by atoms with Crippen molar-refractivity contribution in [3.8, 4) is 5.75 Å². The molecule has 0 aliphatic rings. The molecule has 0 spiro atoms. The molecule has 2 aromatic carbocycles. The zero-order valence-corrected chi connectivity index (χ0v) is 12.5. The van der Waals surface area contributed by atoms with Crippen LogP contribution >= 0.6 is 0 Å². The van der Waals surface area contributed by atoms with E-state index < -0.39 is 0 Å². The highest BCUT2D eigenvalue weighted by atomic mass is 16.5. The minimum absolute atomic E-state index is 0.156. The predicted molar refractivity (Wildman–Crippen MR) is 87.4 cm³/mol. The first-order valence-corrected chi connectivity index (χ1v) is 6.99. The van der Waals surface area contributed by atoms with Crippen LogP contribution in [0.2, 0.25) is 0 Å². The third kappa shape index (κ3) is 2.63. The number of aromatic nitrogens is 1. The van der Waals surface area contributed by atoms with E-state index in [0.29, 0.717) is 5.56 Å². The van der Waals surface area contributed by atoms with Crippen molar-refractivity contribution in [2.75, 3.05) is 12.4 Å². The van der Waals surface area contributed by atoms with Gasteiger partial charge in [0.05, 0.1) is 18.3 Å². The maximum absolute atomic E-state index is 12.4. The second-order valence-corrected chi connectivity index (χ2v) is 5.01. The lowest BCUT2D eigenvalue weighted by molar-refractivity contribution is 0.102. The number of fused-ring (bicyclic) bond motifs is 1. The molecule has 3 rings (SSSR count). The molecule has 0 unspecified atom stereocenters.